The van der Waals surface area contributed by atoms with E-state index in [2.05, 4.69) is 10.9 Å². The SMILES string of the molecule is C#Cc1cn([C@H]2C[C@H](O)[C@](CO)(CF)O2)c(=O)nc1N. The number of hydrogen-bond donors (Lipinski definition) is 3. The van der Waals surface area contributed by atoms with Gasteiger partial charge >= 0.3 is 5.69 Å². The first-order chi connectivity index (χ1) is 9.47. The summed E-state index contributed by atoms with van der Waals surface area (Å²) in [6, 6.07) is 0. The Hall–Kier alpha value is -1.95. The molecule has 0 aromatic carbocycles. The summed E-state index contributed by atoms with van der Waals surface area (Å²) >= 11 is 0. The predicted octanol–water partition coefficient (Wildman–Crippen LogP) is -1.21. The Balaban J connectivity index is 2.40. The van der Waals surface area contributed by atoms with Crippen LogP contribution in [0.2, 0.25) is 0 Å². The molecule has 0 radical (unpaired) electrons. The van der Waals surface area contributed by atoms with Gasteiger partial charge in [0.25, 0.3) is 0 Å². The molecule has 2 rings (SSSR count). The highest BCUT2D eigenvalue weighted by Gasteiger charge is 2.49. The van der Waals surface area contributed by atoms with Gasteiger partial charge in [0.2, 0.25) is 0 Å². The number of terminal acetylenes is 1. The van der Waals surface area contributed by atoms with Crippen LogP contribution < -0.4 is 11.4 Å². The van der Waals surface area contributed by atoms with E-state index in [0.29, 0.717) is 0 Å². The van der Waals surface area contributed by atoms with Gasteiger partial charge in [-0.2, -0.15) is 4.98 Å². The first kappa shape index (κ1) is 14.5. The Morgan fingerprint density at radius 3 is 2.95 bits per heavy atom. The Kier molecular flexibility index (Phi) is 3.76. The molecule has 0 saturated carbocycles. The largest absolute Gasteiger partial charge is 0.393 e. The Bertz CT molecular complexity index is 606. The number of aliphatic hydroxyl groups is 2. The van der Waals surface area contributed by atoms with Crippen LogP contribution in [0.5, 0.6) is 0 Å². The molecule has 1 aliphatic heterocycles. The molecule has 1 fully saturated rings. The van der Waals surface area contributed by atoms with E-state index in [9.17, 15) is 19.4 Å². The average Bonchev–Trinajstić information content (AvgIpc) is 2.76. The summed E-state index contributed by atoms with van der Waals surface area (Å²) in [6.45, 7) is -1.79. The number of nitrogen functional groups attached to an aromatic ring is 1. The monoisotopic (exact) mass is 283 g/mol. The van der Waals surface area contributed by atoms with Crippen LogP contribution in [-0.4, -0.2) is 44.8 Å². The molecule has 0 unspecified atom stereocenters. The maximum atomic E-state index is 13.0. The standard InChI is InChI=1S/C12H14FN3O4/c1-2-7-4-16(11(19)15-10(7)14)9-3-8(18)12(5-13,6-17)20-9/h1,4,8-9,17-18H,3,5-6H2,(H2,14,15,19)/t8-,9+,12+/m0/s1. The van der Waals surface area contributed by atoms with Crippen molar-refractivity contribution in [2.24, 2.45) is 0 Å². The zero-order chi connectivity index (χ0) is 14.9. The van der Waals surface area contributed by atoms with Crippen molar-refractivity contribution in [3.63, 3.8) is 0 Å². The van der Waals surface area contributed by atoms with Crippen LogP contribution >= 0.6 is 0 Å². The van der Waals surface area contributed by atoms with Crippen molar-refractivity contribution in [2.45, 2.75) is 24.4 Å². The quantitative estimate of drug-likeness (QED) is 0.600. The van der Waals surface area contributed by atoms with Crippen LogP contribution in [0, 0.1) is 12.3 Å². The molecule has 0 aliphatic carbocycles. The van der Waals surface area contributed by atoms with Gasteiger partial charge in [0.05, 0.1) is 18.3 Å². The second-order valence-electron chi connectivity index (χ2n) is 4.55. The number of rotatable bonds is 3. The maximum Gasteiger partial charge on any atom is 0.351 e. The van der Waals surface area contributed by atoms with Gasteiger partial charge in [0.1, 0.15) is 24.3 Å². The zero-order valence-electron chi connectivity index (χ0n) is 10.5. The second kappa shape index (κ2) is 5.20. The van der Waals surface area contributed by atoms with Crippen molar-refractivity contribution in [1.82, 2.24) is 9.55 Å². The Labute approximate surface area is 113 Å². The van der Waals surface area contributed by atoms with Crippen molar-refractivity contribution >= 4 is 5.82 Å². The van der Waals surface area contributed by atoms with E-state index in [1.165, 1.54) is 6.20 Å². The third kappa shape index (κ3) is 2.16. The van der Waals surface area contributed by atoms with Gasteiger partial charge in [0.15, 0.2) is 0 Å². The summed E-state index contributed by atoms with van der Waals surface area (Å²) in [7, 11) is 0. The number of hydrogen-bond acceptors (Lipinski definition) is 6. The smallest absolute Gasteiger partial charge is 0.351 e. The van der Waals surface area contributed by atoms with Crippen LogP contribution in [0.3, 0.4) is 0 Å². The minimum atomic E-state index is -1.73. The number of alkyl halides is 1. The minimum absolute atomic E-state index is 0.0694. The summed E-state index contributed by atoms with van der Waals surface area (Å²) in [6.07, 6.45) is 4.19. The predicted molar refractivity (Wildman–Crippen MR) is 67.4 cm³/mol. The molecule has 3 atom stereocenters. The van der Waals surface area contributed by atoms with Crippen molar-refractivity contribution in [1.29, 1.82) is 0 Å². The molecule has 0 bridgehead atoms. The first-order valence-corrected chi connectivity index (χ1v) is 5.85. The van der Waals surface area contributed by atoms with Gasteiger partial charge in [0, 0.05) is 12.6 Å². The topological polar surface area (TPSA) is 111 Å². The van der Waals surface area contributed by atoms with Crippen LogP contribution in [0.15, 0.2) is 11.0 Å². The Morgan fingerprint density at radius 2 is 2.45 bits per heavy atom. The summed E-state index contributed by atoms with van der Waals surface area (Å²) < 4.78 is 19.3. The lowest BCUT2D eigenvalue weighted by atomic mass is 10.00. The molecule has 1 aliphatic rings. The molecular weight excluding hydrogens is 269 g/mol. The van der Waals surface area contributed by atoms with E-state index in [1.54, 1.807) is 0 Å². The van der Waals surface area contributed by atoms with Gasteiger partial charge in [-0.3, -0.25) is 4.57 Å². The molecule has 20 heavy (non-hydrogen) atoms. The van der Waals surface area contributed by atoms with Crippen molar-refractivity contribution in [2.75, 3.05) is 19.0 Å². The van der Waals surface area contributed by atoms with Crippen LogP contribution in [-0.2, 0) is 4.74 Å². The fraction of sp³-hybridized carbons (Fsp3) is 0.500. The van der Waals surface area contributed by atoms with Crippen LogP contribution in [0.25, 0.3) is 0 Å². The molecule has 1 aromatic rings. The normalized spacial score (nSPS) is 29.3. The van der Waals surface area contributed by atoms with Gasteiger partial charge in [-0.05, 0) is 0 Å². The number of aromatic nitrogens is 2. The number of nitrogens with zero attached hydrogens (tertiary/aromatic N) is 2. The van der Waals surface area contributed by atoms with E-state index in [1.807, 2.05) is 0 Å². The lowest BCUT2D eigenvalue weighted by Gasteiger charge is -2.26. The molecule has 8 heteroatoms. The lowest BCUT2D eigenvalue weighted by molar-refractivity contribution is -0.137. The summed E-state index contributed by atoms with van der Waals surface area (Å²) in [5.41, 5.74) is 3.20. The fourth-order valence-electron chi connectivity index (χ4n) is 2.08. The molecule has 0 amide bonds. The van der Waals surface area contributed by atoms with E-state index in [4.69, 9.17) is 16.9 Å². The maximum absolute atomic E-state index is 13.0. The number of anilines is 1. The van der Waals surface area contributed by atoms with E-state index in [0.717, 1.165) is 4.57 Å². The van der Waals surface area contributed by atoms with Gasteiger partial charge in [-0.15, -0.1) is 6.42 Å². The van der Waals surface area contributed by atoms with Crippen LogP contribution in [0.4, 0.5) is 10.2 Å². The first-order valence-electron chi connectivity index (χ1n) is 5.85. The number of halogens is 1. The molecule has 0 spiro atoms. The van der Waals surface area contributed by atoms with E-state index in [-0.39, 0.29) is 17.8 Å². The number of ether oxygens (including phenoxy) is 1. The van der Waals surface area contributed by atoms with E-state index >= 15 is 0 Å². The zero-order valence-corrected chi connectivity index (χ0v) is 10.5. The summed E-state index contributed by atoms with van der Waals surface area (Å²) in [5, 5.41) is 19.0. The molecule has 7 nitrogen and oxygen atoms in total. The lowest BCUT2D eigenvalue weighted by Crippen LogP contribution is -2.45. The highest BCUT2D eigenvalue weighted by atomic mass is 19.1. The molecular formula is C12H14FN3O4. The van der Waals surface area contributed by atoms with Crippen LogP contribution in [0.1, 0.15) is 18.2 Å². The van der Waals surface area contributed by atoms with Gasteiger partial charge in [-0.1, -0.05) is 5.92 Å². The summed E-state index contributed by atoms with van der Waals surface area (Å²) in [5.74, 6) is 2.17. The number of aliphatic hydroxyl groups excluding tert-OH is 2. The minimum Gasteiger partial charge on any atom is -0.393 e. The van der Waals surface area contributed by atoms with E-state index < -0.39 is 36.9 Å². The third-order valence-electron chi connectivity index (χ3n) is 3.34. The van der Waals surface area contributed by atoms with Crippen molar-refractivity contribution in [3.8, 4) is 12.3 Å². The van der Waals surface area contributed by atoms with Gasteiger partial charge in [-0.25, -0.2) is 9.18 Å². The second-order valence-corrected chi connectivity index (χ2v) is 4.55. The van der Waals surface area contributed by atoms with Gasteiger partial charge < -0.3 is 20.7 Å². The highest BCUT2D eigenvalue weighted by molar-refractivity contribution is 5.47. The summed E-state index contributed by atoms with van der Waals surface area (Å²) in [4.78, 5) is 15.3. The average molecular weight is 283 g/mol. The highest BCUT2D eigenvalue weighted by Crippen LogP contribution is 2.36. The molecule has 1 aromatic heterocycles. The number of nitrogens with two attached hydrogens (primary N) is 1. The molecule has 4 N–H and O–H groups in total. The third-order valence-corrected chi connectivity index (χ3v) is 3.34. The fourth-order valence-corrected chi connectivity index (χ4v) is 2.08. The van der Waals surface area contributed by atoms with Crippen molar-refractivity contribution in [3.05, 3.63) is 22.2 Å². The Morgan fingerprint density at radius 1 is 1.75 bits per heavy atom. The molecule has 1 saturated heterocycles. The van der Waals surface area contributed by atoms with Crippen molar-refractivity contribution < 1.29 is 19.3 Å². The molecule has 2 heterocycles. The molecule has 108 valence electrons.